The first-order chi connectivity index (χ1) is 17.8. The summed E-state index contributed by atoms with van der Waals surface area (Å²) >= 11 is 6.92. The average Bonchev–Trinajstić information content (AvgIpc) is 3.48. The van der Waals surface area contributed by atoms with Crippen molar-refractivity contribution in [2.45, 2.75) is 81.8 Å². The summed E-state index contributed by atoms with van der Waals surface area (Å²) in [5, 5.41) is 22.5. The molecule has 2 fully saturated rings. The molecule has 7 N–H and O–H groups in total. The van der Waals surface area contributed by atoms with Crippen molar-refractivity contribution in [3.05, 3.63) is 32.7 Å². The molecule has 2 heterocycles. The van der Waals surface area contributed by atoms with E-state index in [2.05, 4.69) is 37.2 Å². The molecule has 3 rings (SSSR count). The lowest BCUT2D eigenvalue weighted by Crippen LogP contribution is -2.65. The molecule has 0 aliphatic carbocycles. The zero-order valence-corrected chi connectivity index (χ0v) is 24.6. The largest absolute Gasteiger partial charge is 0.391 e. The van der Waals surface area contributed by atoms with Crippen LogP contribution in [0.15, 0.2) is 27.1 Å². The fourth-order valence-electron chi connectivity index (χ4n) is 5.32. The number of amides is 4. The Morgan fingerprint density at radius 1 is 1.08 bits per heavy atom. The third-order valence-electron chi connectivity index (χ3n) is 7.30. The third kappa shape index (κ3) is 6.39. The first-order valence-corrected chi connectivity index (χ1v) is 14.2. The molecule has 1 aromatic carbocycles. The topological polar surface area (TPSA) is 179 Å². The number of aliphatic hydroxyl groups excluding tert-OH is 2. The summed E-state index contributed by atoms with van der Waals surface area (Å²) in [6, 6.07) is 2.17. The molecular weight excluding hydrogens is 626 g/mol. The Balaban J connectivity index is 2.01. The van der Waals surface area contributed by atoms with E-state index in [0.717, 1.165) is 14.5 Å². The molecule has 11 nitrogen and oxygen atoms in total. The van der Waals surface area contributed by atoms with Gasteiger partial charge in [0.25, 0.3) is 0 Å². The number of rotatable bonds is 9. The number of nitrogens with one attached hydrogen (secondary N) is 1. The Morgan fingerprint density at radius 2 is 1.71 bits per heavy atom. The van der Waals surface area contributed by atoms with Crippen LogP contribution in [-0.4, -0.2) is 92.6 Å². The minimum absolute atomic E-state index is 0.127. The third-order valence-corrected chi connectivity index (χ3v) is 8.21. The van der Waals surface area contributed by atoms with Crippen LogP contribution >= 0.6 is 31.9 Å². The highest BCUT2D eigenvalue weighted by molar-refractivity contribution is 9.11. The van der Waals surface area contributed by atoms with Crippen LogP contribution in [0.25, 0.3) is 0 Å². The molecule has 0 saturated carbocycles. The summed E-state index contributed by atoms with van der Waals surface area (Å²) in [7, 11) is 0. The summed E-state index contributed by atoms with van der Waals surface area (Å²) in [6.07, 6.45) is -0.425. The molecule has 38 heavy (non-hydrogen) atoms. The van der Waals surface area contributed by atoms with Gasteiger partial charge in [0.15, 0.2) is 0 Å². The van der Waals surface area contributed by atoms with Crippen LogP contribution in [0.2, 0.25) is 0 Å². The smallest absolute Gasteiger partial charge is 0.247 e. The van der Waals surface area contributed by atoms with Crippen molar-refractivity contribution in [2.24, 2.45) is 11.5 Å². The van der Waals surface area contributed by atoms with Crippen LogP contribution in [-0.2, 0) is 25.6 Å². The van der Waals surface area contributed by atoms with Gasteiger partial charge in [-0.3, -0.25) is 19.2 Å². The summed E-state index contributed by atoms with van der Waals surface area (Å²) < 4.78 is 1.54. The van der Waals surface area contributed by atoms with Gasteiger partial charge in [-0.2, -0.15) is 0 Å². The molecule has 6 atom stereocenters. The van der Waals surface area contributed by atoms with Crippen molar-refractivity contribution in [1.29, 1.82) is 0 Å². The number of nitrogens with zero attached hydrogens (tertiary/aromatic N) is 2. The van der Waals surface area contributed by atoms with Crippen LogP contribution in [0.4, 0.5) is 0 Å². The number of likely N-dealkylation sites (tertiary alicyclic amines) is 2. The molecule has 1 aromatic rings. The second kappa shape index (κ2) is 12.4. The maximum Gasteiger partial charge on any atom is 0.247 e. The molecule has 210 valence electrons. The lowest BCUT2D eigenvalue weighted by molar-refractivity contribution is -0.152. The minimum Gasteiger partial charge on any atom is -0.391 e. The van der Waals surface area contributed by atoms with Gasteiger partial charge in [-0.15, -0.1) is 0 Å². The Labute approximate surface area is 238 Å². The Hall–Kier alpha value is -2.06. The molecule has 13 heteroatoms. The minimum atomic E-state index is -1.40. The second-order valence-electron chi connectivity index (χ2n) is 10.1. The van der Waals surface area contributed by atoms with Gasteiger partial charge in [-0.1, -0.05) is 31.9 Å². The van der Waals surface area contributed by atoms with Crippen LogP contribution in [0.1, 0.15) is 45.1 Å². The zero-order chi connectivity index (χ0) is 28.4. The number of benzene rings is 1. The molecule has 0 spiro atoms. The lowest BCUT2D eigenvalue weighted by atomic mass is 9.86. The van der Waals surface area contributed by atoms with Crippen molar-refractivity contribution < 1.29 is 29.4 Å². The molecule has 0 bridgehead atoms. The normalized spacial score (nSPS) is 24.6. The SMILES string of the molecule is C[C@H](O)[C@H](N)C(=O)N1CCCC1C(=O)N1CCCC1(Cc1cc(Br)cc(Br)c1)C(=O)N[C@H](C(N)=O)[C@@H](C)O. The molecule has 0 radical (unpaired) electrons. The monoisotopic (exact) mass is 659 g/mol. The van der Waals surface area contributed by atoms with E-state index in [1.165, 1.54) is 23.6 Å². The number of nitrogens with two attached hydrogens (primary N) is 2. The maximum atomic E-state index is 14.0. The van der Waals surface area contributed by atoms with Crippen molar-refractivity contribution in [1.82, 2.24) is 15.1 Å². The number of primary amides is 1. The van der Waals surface area contributed by atoms with Gasteiger partial charge in [0.05, 0.1) is 12.2 Å². The van der Waals surface area contributed by atoms with Crippen LogP contribution < -0.4 is 16.8 Å². The van der Waals surface area contributed by atoms with E-state index in [4.69, 9.17) is 11.5 Å². The summed E-state index contributed by atoms with van der Waals surface area (Å²) in [4.78, 5) is 55.8. The van der Waals surface area contributed by atoms with Crippen molar-refractivity contribution in [3.63, 3.8) is 0 Å². The van der Waals surface area contributed by atoms with E-state index in [1.807, 2.05) is 18.2 Å². The summed E-state index contributed by atoms with van der Waals surface area (Å²) in [5.74, 6) is -2.43. The number of aliphatic hydroxyl groups is 2. The number of hydrogen-bond acceptors (Lipinski definition) is 7. The van der Waals surface area contributed by atoms with E-state index >= 15 is 0 Å². The summed E-state index contributed by atoms with van der Waals surface area (Å²) in [6.45, 7) is 3.34. The number of halogens is 2. The van der Waals surface area contributed by atoms with Gasteiger partial charge in [-0.25, -0.2) is 0 Å². The van der Waals surface area contributed by atoms with Gasteiger partial charge in [0, 0.05) is 28.5 Å². The second-order valence-corrected chi connectivity index (χ2v) is 12.0. The van der Waals surface area contributed by atoms with Crippen LogP contribution in [0, 0.1) is 0 Å². The Kier molecular flexibility index (Phi) is 9.96. The molecule has 4 amide bonds. The quantitative estimate of drug-likeness (QED) is 0.250. The Bertz CT molecular complexity index is 1070. The van der Waals surface area contributed by atoms with E-state index in [0.29, 0.717) is 32.2 Å². The number of carbonyl (C=O) groups excluding carboxylic acids is 4. The molecule has 2 unspecified atom stereocenters. The maximum absolute atomic E-state index is 14.0. The molecule has 0 aromatic heterocycles. The van der Waals surface area contributed by atoms with Crippen molar-refractivity contribution in [2.75, 3.05) is 13.1 Å². The lowest BCUT2D eigenvalue weighted by Gasteiger charge is -2.41. The molecule has 2 saturated heterocycles. The predicted octanol–water partition coefficient (Wildman–Crippen LogP) is 0.165. The first-order valence-electron chi connectivity index (χ1n) is 12.6. The van der Waals surface area contributed by atoms with E-state index in [9.17, 15) is 29.4 Å². The molecule has 2 aliphatic heterocycles. The molecular formula is C25H35Br2N5O6. The molecule has 2 aliphatic rings. The van der Waals surface area contributed by atoms with Gasteiger partial charge in [-0.05, 0) is 63.3 Å². The van der Waals surface area contributed by atoms with Gasteiger partial charge < -0.3 is 36.8 Å². The average molecular weight is 661 g/mol. The van der Waals surface area contributed by atoms with Crippen LogP contribution in [0.3, 0.4) is 0 Å². The van der Waals surface area contributed by atoms with Crippen molar-refractivity contribution in [3.8, 4) is 0 Å². The van der Waals surface area contributed by atoms with Gasteiger partial charge >= 0.3 is 0 Å². The highest BCUT2D eigenvalue weighted by Crippen LogP contribution is 2.37. The van der Waals surface area contributed by atoms with E-state index < -0.39 is 59.5 Å². The zero-order valence-electron chi connectivity index (χ0n) is 21.4. The predicted molar refractivity (Wildman–Crippen MR) is 146 cm³/mol. The van der Waals surface area contributed by atoms with Crippen molar-refractivity contribution >= 4 is 55.5 Å². The first kappa shape index (κ1) is 30.5. The van der Waals surface area contributed by atoms with Crippen LogP contribution in [0.5, 0.6) is 0 Å². The van der Waals surface area contributed by atoms with Gasteiger partial charge in [0.2, 0.25) is 23.6 Å². The van der Waals surface area contributed by atoms with Gasteiger partial charge in [0.1, 0.15) is 23.7 Å². The fourth-order valence-corrected chi connectivity index (χ4v) is 6.71. The number of carbonyl (C=O) groups is 4. The van der Waals surface area contributed by atoms with E-state index in [-0.39, 0.29) is 13.0 Å². The highest BCUT2D eigenvalue weighted by atomic mass is 79.9. The Morgan fingerprint density at radius 3 is 2.26 bits per heavy atom. The highest BCUT2D eigenvalue weighted by Gasteiger charge is 2.53. The fraction of sp³-hybridized carbons (Fsp3) is 0.600. The van der Waals surface area contributed by atoms with E-state index in [1.54, 1.807) is 0 Å². The summed E-state index contributed by atoms with van der Waals surface area (Å²) in [5.41, 5.74) is 10.7. The standard InChI is InChI=1S/C25H35Br2N5O6/c1-13(33)19(28)23(37)31-7-3-5-18(31)22(36)32-8-4-6-25(32,12-15-9-16(26)11-17(27)10-15)24(38)30-20(14(2)34)21(29)35/h9-11,13-14,18-20,33-34H,3-8,12,28H2,1-2H3,(H2,29,35)(H,30,38)/t13-,14+,18?,19-,20-,25?/m0/s1. The number of hydrogen-bond donors (Lipinski definition) is 5.